The lowest BCUT2D eigenvalue weighted by atomic mass is 10.1. The Morgan fingerprint density at radius 2 is 2.24 bits per heavy atom. The molecule has 0 spiro atoms. The fourth-order valence-corrected chi connectivity index (χ4v) is 1.80. The third-order valence-electron chi connectivity index (χ3n) is 2.85. The van der Waals surface area contributed by atoms with Gasteiger partial charge in [-0.25, -0.2) is 9.18 Å². The second-order valence-electron chi connectivity index (χ2n) is 4.04. The van der Waals surface area contributed by atoms with Crippen LogP contribution < -0.4 is 0 Å². The van der Waals surface area contributed by atoms with Gasteiger partial charge in [0, 0.05) is 25.7 Å². The van der Waals surface area contributed by atoms with Gasteiger partial charge in [-0.3, -0.25) is 0 Å². The van der Waals surface area contributed by atoms with Gasteiger partial charge >= 0.3 is 6.03 Å². The van der Waals surface area contributed by atoms with Gasteiger partial charge in [0.05, 0.1) is 18.2 Å². The van der Waals surface area contributed by atoms with Crippen molar-refractivity contribution in [3.05, 3.63) is 35.1 Å². The molecule has 1 aliphatic rings. The van der Waals surface area contributed by atoms with E-state index in [1.165, 1.54) is 6.07 Å². The highest BCUT2D eigenvalue weighted by atomic mass is 19.1. The van der Waals surface area contributed by atoms with Gasteiger partial charge in [-0.1, -0.05) is 6.07 Å². The van der Waals surface area contributed by atoms with E-state index in [0.29, 0.717) is 18.7 Å². The Hall–Kier alpha value is -2.09. The van der Waals surface area contributed by atoms with Crippen molar-refractivity contribution in [1.82, 2.24) is 9.80 Å². The number of likely N-dealkylation sites (N-methyl/N-ethyl adjacent to an activating group) is 1. The van der Waals surface area contributed by atoms with Crippen LogP contribution in [0.25, 0.3) is 0 Å². The third-order valence-corrected chi connectivity index (χ3v) is 2.85. The van der Waals surface area contributed by atoms with Gasteiger partial charge in [0.15, 0.2) is 0 Å². The largest absolute Gasteiger partial charge is 0.326 e. The van der Waals surface area contributed by atoms with Gasteiger partial charge in [-0.15, -0.1) is 0 Å². The molecule has 0 unspecified atom stereocenters. The minimum Gasteiger partial charge on any atom is -0.326 e. The van der Waals surface area contributed by atoms with Crippen LogP contribution in [0.3, 0.4) is 0 Å². The first-order valence-electron chi connectivity index (χ1n) is 5.30. The second-order valence-corrected chi connectivity index (χ2v) is 4.04. The number of rotatable bonds is 2. The molecule has 4 nitrogen and oxygen atoms in total. The van der Waals surface area contributed by atoms with Gasteiger partial charge in [-0.05, 0) is 12.1 Å². The van der Waals surface area contributed by atoms with Crippen LogP contribution in [0.1, 0.15) is 11.1 Å². The summed E-state index contributed by atoms with van der Waals surface area (Å²) in [5.74, 6) is -0.439. The predicted octanol–water partition coefficient (Wildman–Crippen LogP) is 1.56. The molecule has 1 aromatic carbocycles. The lowest BCUT2D eigenvalue weighted by Gasteiger charge is -2.16. The first-order chi connectivity index (χ1) is 8.11. The summed E-state index contributed by atoms with van der Waals surface area (Å²) in [7, 11) is 1.72. The Bertz CT molecular complexity index is 495. The molecule has 1 aliphatic heterocycles. The molecule has 2 amide bonds. The Labute approximate surface area is 98.9 Å². The van der Waals surface area contributed by atoms with Crippen LogP contribution in [0, 0.1) is 17.1 Å². The number of hydrogen-bond donors (Lipinski definition) is 0. The molecule has 5 heteroatoms. The lowest BCUT2D eigenvalue weighted by Crippen LogP contribution is -2.29. The molecule has 1 heterocycles. The van der Waals surface area contributed by atoms with Crippen molar-refractivity contribution < 1.29 is 9.18 Å². The maximum Gasteiger partial charge on any atom is 0.320 e. The van der Waals surface area contributed by atoms with Crippen LogP contribution in [-0.4, -0.2) is 36.0 Å². The average Bonchev–Trinajstić information content (AvgIpc) is 2.63. The van der Waals surface area contributed by atoms with E-state index in [1.54, 1.807) is 29.0 Å². The van der Waals surface area contributed by atoms with E-state index < -0.39 is 5.82 Å². The van der Waals surface area contributed by atoms with Crippen molar-refractivity contribution in [3.63, 3.8) is 0 Å². The van der Waals surface area contributed by atoms with E-state index in [2.05, 4.69) is 0 Å². The molecule has 0 atom stereocenters. The molecule has 0 aliphatic carbocycles. The molecule has 88 valence electrons. The highest BCUT2D eigenvalue weighted by Gasteiger charge is 2.25. The normalized spacial score (nSPS) is 15.2. The summed E-state index contributed by atoms with van der Waals surface area (Å²) in [6.07, 6.45) is 0. The van der Waals surface area contributed by atoms with Gasteiger partial charge < -0.3 is 9.80 Å². The van der Waals surface area contributed by atoms with Crippen LogP contribution >= 0.6 is 0 Å². The topological polar surface area (TPSA) is 47.3 Å². The first kappa shape index (κ1) is 11.4. The molecule has 0 aromatic heterocycles. The summed E-state index contributed by atoms with van der Waals surface area (Å²) in [4.78, 5) is 14.8. The van der Waals surface area contributed by atoms with Crippen molar-refractivity contribution in [2.75, 3.05) is 20.1 Å². The number of halogens is 1. The van der Waals surface area contributed by atoms with Crippen LogP contribution in [0.5, 0.6) is 0 Å². The Morgan fingerprint density at radius 3 is 2.76 bits per heavy atom. The number of amides is 2. The van der Waals surface area contributed by atoms with Crippen molar-refractivity contribution in [2.45, 2.75) is 6.54 Å². The standard InChI is InChI=1S/C12H12FN3O/c1-15-4-5-16(12(15)17)8-10-3-2-9(7-14)6-11(10)13/h2-3,6H,4-5,8H2,1H3. The first-order valence-corrected chi connectivity index (χ1v) is 5.30. The van der Waals surface area contributed by atoms with Gasteiger partial charge in [0.25, 0.3) is 0 Å². The van der Waals surface area contributed by atoms with Crippen molar-refractivity contribution in [3.8, 4) is 6.07 Å². The minimum absolute atomic E-state index is 0.0891. The maximum absolute atomic E-state index is 13.6. The predicted molar refractivity (Wildman–Crippen MR) is 59.6 cm³/mol. The van der Waals surface area contributed by atoms with Crippen molar-refractivity contribution in [2.24, 2.45) is 0 Å². The van der Waals surface area contributed by atoms with Crippen molar-refractivity contribution in [1.29, 1.82) is 5.26 Å². The Balaban J connectivity index is 2.15. The minimum atomic E-state index is -0.439. The summed E-state index contributed by atoms with van der Waals surface area (Å²) in [6, 6.07) is 6.09. The number of carbonyl (C=O) groups excluding carboxylic acids is 1. The zero-order valence-electron chi connectivity index (χ0n) is 9.48. The van der Waals surface area contributed by atoms with Gasteiger partial charge in [-0.2, -0.15) is 5.26 Å². The lowest BCUT2D eigenvalue weighted by molar-refractivity contribution is 0.196. The summed E-state index contributed by atoms with van der Waals surface area (Å²) in [5, 5.41) is 8.63. The molecule has 0 N–H and O–H groups in total. The van der Waals surface area contributed by atoms with E-state index in [0.717, 1.165) is 0 Å². The van der Waals surface area contributed by atoms with Crippen LogP contribution in [0.4, 0.5) is 9.18 Å². The monoisotopic (exact) mass is 233 g/mol. The van der Waals surface area contributed by atoms with Gasteiger partial charge in [0.2, 0.25) is 0 Å². The average molecular weight is 233 g/mol. The molecule has 1 fully saturated rings. The van der Waals surface area contributed by atoms with E-state index in [1.807, 2.05) is 6.07 Å². The van der Waals surface area contributed by atoms with E-state index in [-0.39, 0.29) is 18.1 Å². The SMILES string of the molecule is CN1CCN(Cc2ccc(C#N)cc2F)C1=O. The Morgan fingerprint density at radius 1 is 1.47 bits per heavy atom. The summed E-state index contributed by atoms with van der Waals surface area (Å²) in [5.41, 5.74) is 0.726. The second kappa shape index (κ2) is 4.42. The van der Waals surface area contributed by atoms with E-state index in [9.17, 15) is 9.18 Å². The highest BCUT2D eigenvalue weighted by Crippen LogP contribution is 2.15. The molecule has 1 aromatic rings. The smallest absolute Gasteiger partial charge is 0.320 e. The van der Waals surface area contributed by atoms with Gasteiger partial charge in [0.1, 0.15) is 5.82 Å². The van der Waals surface area contributed by atoms with E-state index in [4.69, 9.17) is 5.26 Å². The molecule has 2 rings (SSSR count). The van der Waals surface area contributed by atoms with Crippen LogP contribution in [-0.2, 0) is 6.54 Å². The summed E-state index contributed by atoms with van der Waals surface area (Å²) in [6.45, 7) is 1.52. The number of benzene rings is 1. The molecular weight excluding hydrogens is 221 g/mol. The third kappa shape index (κ3) is 2.21. The highest BCUT2D eigenvalue weighted by molar-refractivity contribution is 5.76. The maximum atomic E-state index is 13.6. The van der Waals surface area contributed by atoms with E-state index >= 15 is 0 Å². The molecule has 0 bridgehead atoms. The zero-order valence-corrected chi connectivity index (χ0v) is 9.48. The molecule has 0 saturated carbocycles. The summed E-state index contributed by atoms with van der Waals surface area (Å²) < 4.78 is 13.6. The fourth-order valence-electron chi connectivity index (χ4n) is 1.80. The number of hydrogen-bond acceptors (Lipinski definition) is 2. The quantitative estimate of drug-likeness (QED) is 0.778. The van der Waals surface area contributed by atoms with Crippen molar-refractivity contribution >= 4 is 6.03 Å². The zero-order chi connectivity index (χ0) is 12.4. The number of carbonyl (C=O) groups is 1. The number of nitrogens with zero attached hydrogens (tertiary/aromatic N) is 3. The number of nitriles is 1. The molecule has 1 saturated heterocycles. The Kier molecular flexibility index (Phi) is 2.96. The summed E-state index contributed by atoms with van der Waals surface area (Å²) >= 11 is 0. The van der Waals surface area contributed by atoms with Crippen LogP contribution in [0.2, 0.25) is 0 Å². The molecule has 0 radical (unpaired) electrons. The molecule has 17 heavy (non-hydrogen) atoms. The number of urea groups is 1. The van der Waals surface area contributed by atoms with Crippen LogP contribution in [0.15, 0.2) is 18.2 Å². The molecular formula is C12H12FN3O. The fraction of sp³-hybridized carbons (Fsp3) is 0.333.